The lowest BCUT2D eigenvalue weighted by Crippen LogP contribution is -2.46. The van der Waals surface area contributed by atoms with Crippen molar-refractivity contribution in [2.75, 3.05) is 20.7 Å². The van der Waals surface area contributed by atoms with Crippen molar-refractivity contribution in [3.05, 3.63) is 0 Å². The van der Waals surface area contributed by atoms with Crippen LogP contribution < -0.4 is 5.32 Å². The number of carbonyl (C=O) groups is 3. The number of carboxylic acids is 1. The summed E-state index contributed by atoms with van der Waals surface area (Å²) in [6, 6.07) is -0.838. The lowest BCUT2D eigenvalue weighted by Gasteiger charge is -2.24. The van der Waals surface area contributed by atoms with Crippen molar-refractivity contribution in [2.45, 2.75) is 32.7 Å². The monoisotopic (exact) mass is 274 g/mol. The number of urea groups is 1. The molecule has 0 rings (SSSR count). The minimum atomic E-state index is -0.962. The highest BCUT2D eigenvalue weighted by molar-refractivity contribution is 5.76. The maximum atomic E-state index is 11.8. The summed E-state index contributed by atoms with van der Waals surface area (Å²) >= 11 is 0. The standard InChI is InChI=1S/C12H22N2O5/c1-8(2)9(7-10(15)16)13-12(18)14(3)6-5-11(17)19-4/h8-9H,5-7H2,1-4H3,(H,13,18)(H,15,16). The smallest absolute Gasteiger partial charge is 0.317 e. The Bertz CT molecular complexity index is 330. The third kappa shape index (κ3) is 7.28. The predicted molar refractivity (Wildman–Crippen MR) is 68.7 cm³/mol. The molecule has 1 unspecified atom stereocenters. The summed E-state index contributed by atoms with van der Waals surface area (Å²) in [5, 5.41) is 11.4. The molecule has 2 amide bonds. The van der Waals surface area contributed by atoms with E-state index in [1.807, 2.05) is 13.8 Å². The van der Waals surface area contributed by atoms with Crippen molar-refractivity contribution < 1.29 is 24.2 Å². The van der Waals surface area contributed by atoms with E-state index >= 15 is 0 Å². The Labute approximate surface area is 112 Å². The number of esters is 1. The minimum absolute atomic E-state index is 0.00839. The number of hydrogen-bond donors (Lipinski definition) is 2. The zero-order valence-electron chi connectivity index (χ0n) is 11.8. The Balaban J connectivity index is 4.31. The van der Waals surface area contributed by atoms with Crippen LogP contribution in [0.25, 0.3) is 0 Å². The Morgan fingerprint density at radius 3 is 2.32 bits per heavy atom. The van der Waals surface area contributed by atoms with E-state index < -0.39 is 24.0 Å². The van der Waals surface area contributed by atoms with Gasteiger partial charge < -0.3 is 20.1 Å². The lowest BCUT2D eigenvalue weighted by molar-refractivity contribution is -0.140. The molecule has 0 aromatic heterocycles. The summed E-state index contributed by atoms with van der Waals surface area (Å²) in [5.41, 5.74) is 0. The molecule has 110 valence electrons. The molecular formula is C12H22N2O5. The number of carbonyl (C=O) groups excluding carboxylic acids is 2. The van der Waals surface area contributed by atoms with Gasteiger partial charge in [0.2, 0.25) is 0 Å². The fraction of sp³-hybridized carbons (Fsp3) is 0.750. The average Bonchev–Trinajstić information content (AvgIpc) is 2.33. The first-order valence-electron chi connectivity index (χ1n) is 6.08. The number of carboxylic acid groups (broad SMARTS) is 1. The van der Waals surface area contributed by atoms with Crippen LogP contribution in [0.15, 0.2) is 0 Å². The van der Waals surface area contributed by atoms with Crippen LogP contribution in [0.2, 0.25) is 0 Å². The lowest BCUT2D eigenvalue weighted by atomic mass is 10.0. The number of amides is 2. The molecule has 1 atom stereocenters. The van der Waals surface area contributed by atoms with Gasteiger partial charge in [0.05, 0.1) is 20.0 Å². The first kappa shape index (κ1) is 17.2. The molecule has 0 aliphatic carbocycles. The van der Waals surface area contributed by atoms with Crippen molar-refractivity contribution in [1.82, 2.24) is 10.2 Å². The van der Waals surface area contributed by atoms with E-state index in [9.17, 15) is 14.4 Å². The zero-order valence-corrected chi connectivity index (χ0v) is 11.8. The number of ether oxygens (including phenoxy) is 1. The van der Waals surface area contributed by atoms with Gasteiger partial charge in [-0.3, -0.25) is 9.59 Å². The van der Waals surface area contributed by atoms with Gasteiger partial charge in [0, 0.05) is 19.6 Å². The molecule has 2 N–H and O–H groups in total. The van der Waals surface area contributed by atoms with E-state index in [-0.39, 0.29) is 25.3 Å². The van der Waals surface area contributed by atoms with Crippen molar-refractivity contribution in [3.8, 4) is 0 Å². The first-order chi connectivity index (χ1) is 8.77. The molecule has 0 aromatic carbocycles. The Morgan fingerprint density at radius 2 is 1.89 bits per heavy atom. The molecule has 0 aliphatic heterocycles. The highest BCUT2D eigenvalue weighted by Crippen LogP contribution is 2.07. The Kier molecular flexibility index (Phi) is 7.55. The van der Waals surface area contributed by atoms with E-state index in [2.05, 4.69) is 10.1 Å². The molecule has 7 heteroatoms. The van der Waals surface area contributed by atoms with Crippen LogP contribution in [-0.2, 0) is 14.3 Å². The van der Waals surface area contributed by atoms with Crippen LogP contribution in [0.4, 0.5) is 4.79 Å². The van der Waals surface area contributed by atoms with Crippen LogP contribution in [0.5, 0.6) is 0 Å². The molecule has 0 bridgehead atoms. The molecule has 0 saturated heterocycles. The summed E-state index contributed by atoms with van der Waals surface area (Å²) in [6.45, 7) is 3.89. The van der Waals surface area contributed by atoms with E-state index in [4.69, 9.17) is 5.11 Å². The van der Waals surface area contributed by atoms with Gasteiger partial charge in [-0.1, -0.05) is 13.8 Å². The molecule has 0 saturated carbocycles. The summed E-state index contributed by atoms with van der Waals surface area (Å²) in [4.78, 5) is 34.8. The summed E-state index contributed by atoms with van der Waals surface area (Å²) in [6.07, 6.45) is -0.0278. The second kappa shape index (κ2) is 8.34. The van der Waals surface area contributed by atoms with E-state index in [0.29, 0.717) is 0 Å². The molecular weight excluding hydrogens is 252 g/mol. The highest BCUT2D eigenvalue weighted by atomic mass is 16.5. The number of nitrogens with one attached hydrogen (secondary N) is 1. The number of nitrogens with zero attached hydrogens (tertiary/aromatic N) is 1. The van der Waals surface area contributed by atoms with Crippen molar-refractivity contribution in [3.63, 3.8) is 0 Å². The highest BCUT2D eigenvalue weighted by Gasteiger charge is 2.21. The fourth-order valence-electron chi connectivity index (χ4n) is 1.37. The Hall–Kier alpha value is -1.79. The third-order valence-corrected chi connectivity index (χ3v) is 2.73. The van der Waals surface area contributed by atoms with E-state index in [1.54, 1.807) is 0 Å². The molecule has 0 aliphatic rings. The fourth-order valence-corrected chi connectivity index (χ4v) is 1.37. The van der Waals surface area contributed by atoms with Gasteiger partial charge in [-0.05, 0) is 5.92 Å². The SMILES string of the molecule is COC(=O)CCN(C)C(=O)NC(CC(=O)O)C(C)C. The molecule has 0 heterocycles. The normalized spacial score (nSPS) is 11.8. The summed E-state index contributed by atoms with van der Waals surface area (Å²) < 4.78 is 4.48. The van der Waals surface area contributed by atoms with Crippen LogP contribution >= 0.6 is 0 Å². The second-order valence-electron chi connectivity index (χ2n) is 4.65. The van der Waals surface area contributed by atoms with Crippen molar-refractivity contribution in [2.24, 2.45) is 5.92 Å². The number of rotatable bonds is 7. The van der Waals surface area contributed by atoms with Crippen molar-refractivity contribution in [1.29, 1.82) is 0 Å². The van der Waals surface area contributed by atoms with Gasteiger partial charge in [-0.25, -0.2) is 4.79 Å². The van der Waals surface area contributed by atoms with Gasteiger partial charge >= 0.3 is 18.0 Å². The molecule has 0 spiro atoms. The van der Waals surface area contributed by atoms with Gasteiger partial charge in [-0.15, -0.1) is 0 Å². The van der Waals surface area contributed by atoms with Gasteiger partial charge in [-0.2, -0.15) is 0 Å². The van der Waals surface area contributed by atoms with Crippen LogP contribution in [0.1, 0.15) is 26.7 Å². The van der Waals surface area contributed by atoms with Crippen LogP contribution in [0.3, 0.4) is 0 Å². The quantitative estimate of drug-likeness (QED) is 0.666. The molecule has 19 heavy (non-hydrogen) atoms. The number of hydrogen-bond acceptors (Lipinski definition) is 4. The van der Waals surface area contributed by atoms with Crippen LogP contribution in [0, 0.1) is 5.92 Å². The van der Waals surface area contributed by atoms with E-state index in [0.717, 1.165) is 0 Å². The van der Waals surface area contributed by atoms with Gasteiger partial charge in [0.25, 0.3) is 0 Å². The van der Waals surface area contributed by atoms with E-state index in [1.165, 1.54) is 19.1 Å². The van der Waals surface area contributed by atoms with Crippen molar-refractivity contribution >= 4 is 18.0 Å². The number of methoxy groups -OCH3 is 1. The topological polar surface area (TPSA) is 95.9 Å². The maximum absolute atomic E-state index is 11.8. The minimum Gasteiger partial charge on any atom is -0.481 e. The Morgan fingerprint density at radius 1 is 1.32 bits per heavy atom. The average molecular weight is 274 g/mol. The predicted octanol–water partition coefficient (Wildman–Crippen LogP) is 0.690. The van der Waals surface area contributed by atoms with Gasteiger partial charge in [0.15, 0.2) is 0 Å². The summed E-state index contributed by atoms with van der Waals surface area (Å²) in [5.74, 6) is -1.35. The molecule has 7 nitrogen and oxygen atoms in total. The van der Waals surface area contributed by atoms with Crippen LogP contribution in [-0.4, -0.2) is 54.7 Å². The molecule has 0 radical (unpaired) electrons. The number of aliphatic carboxylic acids is 1. The molecule has 0 aromatic rings. The second-order valence-corrected chi connectivity index (χ2v) is 4.65. The maximum Gasteiger partial charge on any atom is 0.317 e. The third-order valence-electron chi connectivity index (χ3n) is 2.73. The first-order valence-corrected chi connectivity index (χ1v) is 6.08. The zero-order chi connectivity index (χ0) is 15.0. The largest absolute Gasteiger partial charge is 0.481 e. The molecule has 0 fully saturated rings. The van der Waals surface area contributed by atoms with Gasteiger partial charge in [0.1, 0.15) is 0 Å². The summed E-state index contributed by atoms with van der Waals surface area (Å²) in [7, 11) is 2.82.